The van der Waals surface area contributed by atoms with Crippen LogP contribution in [0.2, 0.25) is 0 Å². The van der Waals surface area contributed by atoms with Crippen molar-refractivity contribution in [1.82, 2.24) is 5.32 Å². The minimum absolute atomic E-state index is 0.0140. The van der Waals surface area contributed by atoms with Crippen LogP contribution in [0.4, 0.5) is 5.69 Å². The fourth-order valence-electron chi connectivity index (χ4n) is 2.89. The highest BCUT2D eigenvalue weighted by Crippen LogP contribution is 2.24. The maximum Gasteiger partial charge on any atom is 0.238 e. The van der Waals surface area contributed by atoms with Crippen LogP contribution in [0.3, 0.4) is 0 Å². The summed E-state index contributed by atoms with van der Waals surface area (Å²) in [6.45, 7) is 5.14. The van der Waals surface area contributed by atoms with Gasteiger partial charge in [-0.05, 0) is 37.8 Å². The minimum Gasteiger partial charge on any atom is -0.492 e. The third-order valence-electron chi connectivity index (χ3n) is 4.10. The average molecular weight is 290 g/mol. The smallest absolute Gasteiger partial charge is 0.238 e. The summed E-state index contributed by atoms with van der Waals surface area (Å²) in [4.78, 5) is 12.1. The van der Waals surface area contributed by atoms with Crippen LogP contribution in [-0.2, 0) is 4.79 Å². The molecule has 0 saturated heterocycles. The summed E-state index contributed by atoms with van der Waals surface area (Å²) in [5, 5.41) is 6.31. The molecule has 4 heteroatoms. The SMILES string of the molecule is CCOc1ccccc1NC(=O)CNC1CCCCC1C. The summed E-state index contributed by atoms with van der Waals surface area (Å²) in [7, 11) is 0. The van der Waals surface area contributed by atoms with Gasteiger partial charge in [0.25, 0.3) is 0 Å². The first-order valence-electron chi connectivity index (χ1n) is 7.95. The average Bonchev–Trinajstić information content (AvgIpc) is 2.49. The van der Waals surface area contributed by atoms with Gasteiger partial charge in [0, 0.05) is 6.04 Å². The molecule has 4 nitrogen and oxygen atoms in total. The molecule has 1 amide bonds. The number of ether oxygens (including phenoxy) is 1. The van der Waals surface area contributed by atoms with Gasteiger partial charge in [0.15, 0.2) is 0 Å². The first kappa shape index (κ1) is 15.8. The Morgan fingerprint density at radius 3 is 2.81 bits per heavy atom. The highest BCUT2D eigenvalue weighted by atomic mass is 16.5. The van der Waals surface area contributed by atoms with E-state index in [1.807, 2.05) is 31.2 Å². The Bertz CT molecular complexity index is 462. The molecule has 1 saturated carbocycles. The predicted octanol–water partition coefficient (Wildman–Crippen LogP) is 3.19. The van der Waals surface area contributed by atoms with Gasteiger partial charge in [-0.25, -0.2) is 0 Å². The van der Waals surface area contributed by atoms with Gasteiger partial charge < -0.3 is 15.4 Å². The third-order valence-corrected chi connectivity index (χ3v) is 4.10. The van der Waals surface area contributed by atoms with Gasteiger partial charge in [-0.1, -0.05) is 31.9 Å². The predicted molar refractivity (Wildman–Crippen MR) is 85.7 cm³/mol. The number of para-hydroxylation sites is 2. The molecule has 1 aromatic rings. The Balaban J connectivity index is 1.84. The van der Waals surface area contributed by atoms with Crippen LogP contribution in [-0.4, -0.2) is 25.1 Å². The van der Waals surface area contributed by atoms with Crippen LogP contribution >= 0.6 is 0 Å². The first-order chi connectivity index (χ1) is 10.2. The van der Waals surface area contributed by atoms with Crippen molar-refractivity contribution in [2.24, 2.45) is 5.92 Å². The van der Waals surface area contributed by atoms with Gasteiger partial charge in [-0.15, -0.1) is 0 Å². The number of amides is 1. The van der Waals surface area contributed by atoms with Crippen molar-refractivity contribution in [2.75, 3.05) is 18.5 Å². The number of benzene rings is 1. The summed E-state index contributed by atoms with van der Waals surface area (Å²) in [5.74, 6) is 1.36. The Labute approximate surface area is 127 Å². The Morgan fingerprint density at radius 2 is 2.05 bits per heavy atom. The standard InChI is InChI=1S/C17H26N2O2/c1-3-21-16-11-7-6-10-15(16)19-17(20)12-18-14-9-5-4-8-13(14)2/h6-7,10-11,13-14,18H,3-5,8-9,12H2,1-2H3,(H,19,20). The van der Waals surface area contributed by atoms with E-state index in [4.69, 9.17) is 4.74 Å². The maximum atomic E-state index is 12.1. The van der Waals surface area contributed by atoms with Gasteiger partial charge in [0.2, 0.25) is 5.91 Å². The van der Waals surface area contributed by atoms with Gasteiger partial charge in [0.05, 0.1) is 18.8 Å². The molecule has 0 radical (unpaired) electrons. The third kappa shape index (κ3) is 4.74. The molecule has 2 atom stereocenters. The fraction of sp³-hybridized carbons (Fsp3) is 0.588. The van der Waals surface area contributed by atoms with Crippen molar-refractivity contribution in [3.8, 4) is 5.75 Å². The second-order valence-electron chi connectivity index (χ2n) is 5.73. The van der Waals surface area contributed by atoms with E-state index in [0.717, 1.165) is 11.4 Å². The molecule has 1 aliphatic carbocycles. The molecule has 1 aromatic carbocycles. The van der Waals surface area contributed by atoms with Gasteiger partial charge >= 0.3 is 0 Å². The van der Waals surface area contributed by atoms with E-state index in [0.29, 0.717) is 25.1 Å². The number of hydrogen-bond acceptors (Lipinski definition) is 3. The summed E-state index contributed by atoms with van der Waals surface area (Å²) in [6.07, 6.45) is 5.00. The monoisotopic (exact) mass is 290 g/mol. The lowest BCUT2D eigenvalue weighted by Crippen LogP contribution is -2.41. The summed E-state index contributed by atoms with van der Waals surface area (Å²) in [6, 6.07) is 8.01. The van der Waals surface area contributed by atoms with E-state index >= 15 is 0 Å². The lowest BCUT2D eigenvalue weighted by Gasteiger charge is -2.29. The topological polar surface area (TPSA) is 50.4 Å². The number of rotatable bonds is 6. The van der Waals surface area contributed by atoms with Crippen LogP contribution in [0.1, 0.15) is 39.5 Å². The molecular weight excluding hydrogens is 264 g/mol. The van der Waals surface area contributed by atoms with Gasteiger partial charge in [0.1, 0.15) is 5.75 Å². The van der Waals surface area contributed by atoms with E-state index < -0.39 is 0 Å². The lowest BCUT2D eigenvalue weighted by atomic mass is 9.86. The zero-order valence-electron chi connectivity index (χ0n) is 13.0. The quantitative estimate of drug-likeness (QED) is 0.846. The van der Waals surface area contributed by atoms with Crippen molar-refractivity contribution in [2.45, 2.75) is 45.6 Å². The molecule has 0 aromatic heterocycles. The Morgan fingerprint density at radius 1 is 1.29 bits per heavy atom. The van der Waals surface area contributed by atoms with Crippen molar-refractivity contribution < 1.29 is 9.53 Å². The highest BCUT2D eigenvalue weighted by Gasteiger charge is 2.21. The van der Waals surface area contributed by atoms with E-state index in [9.17, 15) is 4.79 Å². The second-order valence-corrected chi connectivity index (χ2v) is 5.73. The molecule has 2 N–H and O–H groups in total. The zero-order chi connectivity index (χ0) is 15.1. The van der Waals surface area contributed by atoms with E-state index in [1.165, 1.54) is 25.7 Å². The number of anilines is 1. The maximum absolute atomic E-state index is 12.1. The molecular formula is C17H26N2O2. The fourth-order valence-corrected chi connectivity index (χ4v) is 2.89. The van der Waals surface area contributed by atoms with Crippen molar-refractivity contribution in [3.05, 3.63) is 24.3 Å². The molecule has 1 aliphatic rings. The molecule has 0 spiro atoms. The van der Waals surface area contributed by atoms with E-state index in [2.05, 4.69) is 17.6 Å². The molecule has 2 unspecified atom stereocenters. The molecule has 21 heavy (non-hydrogen) atoms. The normalized spacial score (nSPS) is 21.8. The Kier molecular flexibility index (Phi) is 6.05. The number of hydrogen-bond donors (Lipinski definition) is 2. The molecule has 0 bridgehead atoms. The molecule has 0 aliphatic heterocycles. The zero-order valence-corrected chi connectivity index (χ0v) is 13.0. The molecule has 1 fully saturated rings. The summed E-state index contributed by atoms with van der Waals surface area (Å²) < 4.78 is 5.51. The number of nitrogens with one attached hydrogen (secondary N) is 2. The van der Waals surface area contributed by atoms with Crippen molar-refractivity contribution >= 4 is 11.6 Å². The van der Waals surface area contributed by atoms with Crippen LogP contribution in [0.15, 0.2) is 24.3 Å². The highest BCUT2D eigenvalue weighted by molar-refractivity contribution is 5.93. The summed E-state index contributed by atoms with van der Waals surface area (Å²) in [5.41, 5.74) is 0.739. The van der Waals surface area contributed by atoms with Crippen LogP contribution in [0.25, 0.3) is 0 Å². The second kappa shape index (κ2) is 8.03. The van der Waals surface area contributed by atoms with Gasteiger partial charge in [-0.3, -0.25) is 4.79 Å². The van der Waals surface area contributed by atoms with E-state index in [1.54, 1.807) is 0 Å². The summed E-state index contributed by atoms with van der Waals surface area (Å²) >= 11 is 0. The van der Waals surface area contributed by atoms with Crippen LogP contribution < -0.4 is 15.4 Å². The Hall–Kier alpha value is -1.55. The lowest BCUT2D eigenvalue weighted by molar-refractivity contribution is -0.115. The number of carbonyl (C=O) groups excluding carboxylic acids is 1. The minimum atomic E-state index is -0.0140. The van der Waals surface area contributed by atoms with E-state index in [-0.39, 0.29) is 5.91 Å². The van der Waals surface area contributed by atoms with Crippen molar-refractivity contribution in [3.63, 3.8) is 0 Å². The number of carbonyl (C=O) groups is 1. The molecule has 0 heterocycles. The molecule has 116 valence electrons. The first-order valence-corrected chi connectivity index (χ1v) is 7.95. The van der Waals surface area contributed by atoms with Crippen molar-refractivity contribution in [1.29, 1.82) is 0 Å². The largest absolute Gasteiger partial charge is 0.492 e. The van der Waals surface area contributed by atoms with Crippen LogP contribution in [0.5, 0.6) is 5.75 Å². The molecule has 2 rings (SSSR count). The van der Waals surface area contributed by atoms with Crippen LogP contribution in [0, 0.1) is 5.92 Å². The van der Waals surface area contributed by atoms with Gasteiger partial charge in [-0.2, -0.15) is 0 Å².